The van der Waals surface area contributed by atoms with Gasteiger partial charge in [-0.1, -0.05) is 29.4 Å². The molecule has 0 saturated carbocycles. The lowest BCUT2D eigenvalue weighted by Gasteiger charge is -2.31. The van der Waals surface area contributed by atoms with Gasteiger partial charge in [-0.25, -0.2) is 17.8 Å². The zero-order valence-corrected chi connectivity index (χ0v) is 16.5. The van der Waals surface area contributed by atoms with Gasteiger partial charge in [-0.2, -0.15) is 0 Å². The molecule has 3 rings (SSSR count). The van der Waals surface area contributed by atoms with Crippen LogP contribution in [0.3, 0.4) is 0 Å². The second kappa shape index (κ2) is 7.01. The Bertz CT molecular complexity index is 983. The van der Waals surface area contributed by atoms with E-state index in [-0.39, 0.29) is 21.5 Å². The summed E-state index contributed by atoms with van der Waals surface area (Å²) in [6.45, 7) is 0. The monoisotopic (exact) mass is 434 g/mol. The molecule has 1 unspecified atom stereocenters. The van der Waals surface area contributed by atoms with Gasteiger partial charge in [0.05, 0.1) is 16.5 Å². The summed E-state index contributed by atoms with van der Waals surface area (Å²) < 4.78 is 36.3. The van der Waals surface area contributed by atoms with Crippen molar-refractivity contribution in [3.8, 4) is 0 Å². The normalized spacial score (nSPS) is 22.2. The van der Waals surface area contributed by atoms with Crippen LogP contribution in [-0.4, -0.2) is 36.4 Å². The van der Waals surface area contributed by atoms with E-state index < -0.39 is 14.8 Å². The molecule has 1 saturated heterocycles. The lowest BCUT2D eigenvalue weighted by atomic mass is 10.0. The van der Waals surface area contributed by atoms with Crippen LogP contribution in [0, 0.1) is 5.82 Å². The SMILES string of the molecule is CN1C(=Nc2ccc(F)cc2)SCC1(O)c1ccc(Cl)c(S(=O)(=O)Cl)c1. The Hall–Kier alpha value is -1.32. The van der Waals surface area contributed by atoms with E-state index in [0.29, 0.717) is 16.4 Å². The third-order valence-corrected chi connectivity index (χ3v) is 6.93. The number of hydrogen-bond acceptors (Lipinski definition) is 5. The molecule has 138 valence electrons. The van der Waals surface area contributed by atoms with Crippen LogP contribution in [-0.2, 0) is 14.8 Å². The molecule has 0 aromatic heterocycles. The number of halogens is 3. The summed E-state index contributed by atoms with van der Waals surface area (Å²) in [6, 6.07) is 9.79. The molecule has 1 atom stereocenters. The fraction of sp³-hybridized carbons (Fsp3) is 0.188. The van der Waals surface area contributed by atoms with Crippen LogP contribution in [0.1, 0.15) is 5.56 Å². The molecule has 2 aromatic rings. The lowest BCUT2D eigenvalue weighted by Crippen LogP contribution is -2.42. The maximum Gasteiger partial charge on any atom is 0.262 e. The quantitative estimate of drug-likeness (QED) is 0.741. The minimum Gasteiger partial charge on any atom is -0.366 e. The van der Waals surface area contributed by atoms with E-state index in [1.54, 1.807) is 7.05 Å². The molecule has 26 heavy (non-hydrogen) atoms. The van der Waals surface area contributed by atoms with E-state index in [1.807, 2.05) is 0 Å². The molecule has 10 heteroatoms. The Kier molecular flexibility index (Phi) is 5.24. The van der Waals surface area contributed by atoms with E-state index in [9.17, 15) is 17.9 Å². The minimum absolute atomic E-state index is 0.0270. The summed E-state index contributed by atoms with van der Waals surface area (Å²) in [6.07, 6.45) is 0. The van der Waals surface area contributed by atoms with Crippen LogP contribution in [0.25, 0.3) is 0 Å². The second-order valence-corrected chi connectivity index (χ2v) is 9.50. The first-order chi connectivity index (χ1) is 12.1. The predicted octanol–water partition coefficient (Wildman–Crippen LogP) is 3.92. The summed E-state index contributed by atoms with van der Waals surface area (Å²) in [5, 5.41) is 11.6. The topological polar surface area (TPSA) is 70.0 Å². The van der Waals surface area contributed by atoms with E-state index in [4.69, 9.17) is 22.3 Å². The third kappa shape index (κ3) is 3.70. The standard InChI is InChI=1S/C16H13Cl2FN2O3S2/c1-21-15(20-12-5-3-11(19)4-6-12)25-9-16(21,22)10-2-7-13(17)14(8-10)26(18,23)24/h2-8,22H,9H2,1H3. The highest BCUT2D eigenvalue weighted by atomic mass is 35.7. The Morgan fingerprint density at radius 1 is 1.27 bits per heavy atom. The summed E-state index contributed by atoms with van der Waals surface area (Å²) in [7, 11) is 2.98. The first-order valence-corrected chi connectivity index (χ1v) is 11.0. The third-order valence-electron chi connectivity index (χ3n) is 3.95. The molecule has 0 amide bonds. The number of aliphatic hydroxyl groups is 1. The van der Waals surface area contributed by atoms with Gasteiger partial charge in [0.25, 0.3) is 9.05 Å². The van der Waals surface area contributed by atoms with Crippen LogP contribution in [0.2, 0.25) is 5.02 Å². The molecule has 0 bridgehead atoms. The second-order valence-electron chi connectivity index (χ2n) is 5.62. The van der Waals surface area contributed by atoms with Crippen LogP contribution < -0.4 is 0 Å². The van der Waals surface area contributed by atoms with Crippen molar-refractivity contribution in [2.45, 2.75) is 10.6 Å². The summed E-state index contributed by atoms with van der Waals surface area (Å²) in [5.41, 5.74) is -0.643. The number of benzene rings is 2. The van der Waals surface area contributed by atoms with E-state index in [1.165, 1.54) is 59.1 Å². The number of hydrogen-bond donors (Lipinski definition) is 1. The molecular formula is C16H13Cl2FN2O3S2. The highest BCUT2D eigenvalue weighted by Crippen LogP contribution is 2.40. The van der Waals surface area contributed by atoms with Crippen molar-refractivity contribution < 1.29 is 17.9 Å². The van der Waals surface area contributed by atoms with Crippen LogP contribution in [0.15, 0.2) is 52.4 Å². The van der Waals surface area contributed by atoms with Crippen molar-refractivity contribution in [1.29, 1.82) is 0 Å². The fourth-order valence-corrected chi connectivity index (χ4v) is 5.16. The maximum absolute atomic E-state index is 13.0. The van der Waals surface area contributed by atoms with Gasteiger partial charge in [0.15, 0.2) is 10.9 Å². The summed E-state index contributed by atoms with van der Waals surface area (Å²) in [5.74, 6) is -0.152. The van der Waals surface area contributed by atoms with Crippen molar-refractivity contribution >= 4 is 54.0 Å². The first kappa shape index (κ1) is 19.4. The Labute approximate surface area is 163 Å². The Morgan fingerprint density at radius 2 is 1.92 bits per heavy atom. The molecule has 0 radical (unpaired) electrons. The first-order valence-electron chi connectivity index (χ1n) is 7.29. The number of thioether (sulfide) groups is 1. The molecule has 2 aromatic carbocycles. The smallest absolute Gasteiger partial charge is 0.262 e. The van der Waals surface area contributed by atoms with Gasteiger partial charge in [-0.05, 0) is 36.4 Å². The molecule has 1 fully saturated rings. The number of aliphatic imine (C=N–C) groups is 1. The zero-order valence-electron chi connectivity index (χ0n) is 13.4. The van der Waals surface area contributed by atoms with Crippen molar-refractivity contribution in [2.24, 2.45) is 4.99 Å². The molecule has 1 aliphatic rings. The van der Waals surface area contributed by atoms with Crippen LogP contribution in [0.5, 0.6) is 0 Å². The molecule has 1 aliphatic heterocycles. The van der Waals surface area contributed by atoms with Crippen LogP contribution >= 0.6 is 34.0 Å². The maximum atomic E-state index is 13.0. The van der Waals surface area contributed by atoms with Crippen molar-refractivity contribution in [3.63, 3.8) is 0 Å². The highest BCUT2D eigenvalue weighted by Gasteiger charge is 2.43. The average molecular weight is 435 g/mol. The van der Waals surface area contributed by atoms with Gasteiger partial charge in [0, 0.05) is 23.3 Å². The van der Waals surface area contributed by atoms with Crippen molar-refractivity contribution in [2.75, 3.05) is 12.8 Å². The van der Waals surface area contributed by atoms with Gasteiger partial charge < -0.3 is 10.0 Å². The average Bonchev–Trinajstić information content (AvgIpc) is 2.86. The summed E-state index contributed by atoms with van der Waals surface area (Å²) in [4.78, 5) is 5.65. The molecule has 0 spiro atoms. The Balaban J connectivity index is 1.98. The Morgan fingerprint density at radius 3 is 2.54 bits per heavy atom. The number of rotatable bonds is 3. The van der Waals surface area contributed by atoms with Gasteiger partial charge in [-0.15, -0.1) is 0 Å². The number of amidine groups is 1. The molecule has 1 heterocycles. The van der Waals surface area contributed by atoms with Gasteiger partial charge in [0.1, 0.15) is 10.7 Å². The minimum atomic E-state index is -4.06. The lowest BCUT2D eigenvalue weighted by molar-refractivity contribution is -0.0349. The predicted molar refractivity (Wildman–Crippen MR) is 102 cm³/mol. The summed E-state index contributed by atoms with van der Waals surface area (Å²) >= 11 is 7.19. The van der Waals surface area contributed by atoms with E-state index in [2.05, 4.69) is 4.99 Å². The molecule has 1 N–H and O–H groups in total. The van der Waals surface area contributed by atoms with E-state index >= 15 is 0 Å². The van der Waals surface area contributed by atoms with E-state index in [0.717, 1.165) is 0 Å². The molecule has 0 aliphatic carbocycles. The fourth-order valence-electron chi connectivity index (χ4n) is 2.47. The highest BCUT2D eigenvalue weighted by molar-refractivity contribution is 8.14. The van der Waals surface area contributed by atoms with Crippen LogP contribution in [0.4, 0.5) is 10.1 Å². The van der Waals surface area contributed by atoms with Crippen molar-refractivity contribution in [1.82, 2.24) is 4.90 Å². The van der Waals surface area contributed by atoms with Crippen molar-refractivity contribution in [3.05, 3.63) is 58.9 Å². The molecule has 5 nitrogen and oxygen atoms in total. The number of nitrogens with zero attached hydrogens (tertiary/aromatic N) is 2. The zero-order chi connectivity index (χ0) is 19.1. The largest absolute Gasteiger partial charge is 0.366 e. The van der Waals surface area contributed by atoms with Gasteiger partial charge in [-0.3, -0.25) is 0 Å². The molecular weight excluding hydrogens is 422 g/mol. The van der Waals surface area contributed by atoms with Gasteiger partial charge >= 0.3 is 0 Å². The van der Waals surface area contributed by atoms with Gasteiger partial charge in [0.2, 0.25) is 0 Å².